The van der Waals surface area contributed by atoms with E-state index in [-0.39, 0.29) is 16.9 Å². The van der Waals surface area contributed by atoms with Gasteiger partial charge >= 0.3 is 0 Å². The maximum atomic E-state index is 12.7. The van der Waals surface area contributed by atoms with Gasteiger partial charge in [-0.1, -0.05) is 20.8 Å². The first-order valence-electron chi connectivity index (χ1n) is 9.46. The van der Waals surface area contributed by atoms with Crippen molar-refractivity contribution in [3.63, 3.8) is 0 Å². The van der Waals surface area contributed by atoms with Crippen molar-refractivity contribution in [1.82, 2.24) is 25.1 Å². The Balaban J connectivity index is 2.23. The average molecular weight is 372 g/mol. The molecule has 0 unspecified atom stereocenters. The van der Waals surface area contributed by atoms with Crippen LogP contribution in [0.3, 0.4) is 0 Å². The fourth-order valence-electron chi connectivity index (χ4n) is 3.88. The van der Waals surface area contributed by atoms with Crippen molar-refractivity contribution in [2.45, 2.75) is 80.7 Å². The third kappa shape index (κ3) is 5.62. The Bertz CT molecular complexity index is 823. The van der Waals surface area contributed by atoms with E-state index >= 15 is 0 Å². The second kappa shape index (κ2) is 7.41. The van der Waals surface area contributed by atoms with Gasteiger partial charge in [-0.25, -0.2) is 14.6 Å². The Morgan fingerprint density at radius 3 is 2.11 bits per heavy atom. The summed E-state index contributed by atoms with van der Waals surface area (Å²) in [6.45, 7) is 18.5. The van der Waals surface area contributed by atoms with Gasteiger partial charge in [-0.3, -0.25) is 4.79 Å². The summed E-state index contributed by atoms with van der Waals surface area (Å²) in [4.78, 5) is 21.7. The molecule has 2 heterocycles. The van der Waals surface area contributed by atoms with Gasteiger partial charge < -0.3 is 5.32 Å². The molecule has 0 saturated carbocycles. The molecule has 1 N–H and O–H groups in total. The van der Waals surface area contributed by atoms with E-state index < -0.39 is 0 Å². The molecule has 2 rings (SSSR count). The average Bonchev–Trinajstić information content (AvgIpc) is 2.71. The molecule has 0 fully saturated rings. The highest BCUT2D eigenvalue weighted by molar-refractivity contribution is 5.79. The lowest BCUT2D eigenvalue weighted by Gasteiger charge is -2.33. The molecule has 0 aliphatic carbocycles. The third-order valence-electron chi connectivity index (χ3n) is 4.39. The van der Waals surface area contributed by atoms with Crippen molar-refractivity contribution in [1.29, 1.82) is 0 Å². The van der Waals surface area contributed by atoms with Crippen LogP contribution >= 0.6 is 0 Å². The monoisotopic (exact) mass is 371 g/mol. The molecule has 0 aromatic carbocycles. The Labute approximate surface area is 162 Å². The molecule has 0 atom stereocenters. The van der Waals surface area contributed by atoms with E-state index in [1.807, 2.05) is 33.8 Å². The van der Waals surface area contributed by atoms with E-state index in [0.29, 0.717) is 12.4 Å². The summed E-state index contributed by atoms with van der Waals surface area (Å²) in [5, 5.41) is 7.76. The van der Waals surface area contributed by atoms with Crippen LogP contribution in [0.5, 0.6) is 0 Å². The van der Waals surface area contributed by atoms with Gasteiger partial charge in [-0.15, -0.1) is 0 Å². The molecule has 1 amide bonds. The Morgan fingerprint density at radius 1 is 1.04 bits per heavy atom. The zero-order chi connectivity index (χ0) is 20.6. The molecule has 0 aliphatic rings. The van der Waals surface area contributed by atoms with Crippen molar-refractivity contribution in [3.8, 4) is 5.95 Å². The van der Waals surface area contributed by atoms with Crippen molar-refractivity contribution in [2.75, 3.05) is 0 Å². The molecule has 0 spiro atoms. The highest BCUT2D eigenvalue weighted by atomic mass is 16.1. The largest absolute Gasteiger partial charge is 0.351 e. The number of rotatable bonds is 5. The van der Waals surface area contributed by atoms with Crippen LogP contribution in [-0.4, -0.2) is 31.2 Å². The highest BCUT2D eigenvalue weighted by Gasteiger charge is 2.28. The van der Waals surface area contributed by atoms with Crippen molar-refractivity contribution >= 4 is 5.91 Å². The maximum Gasteiger partial charge on any atom is 0.251 e. The van der Waals surface area contributed by atoms with Gasteiger partial charge in [0.25, 0.3) is 5.95 Å². The Morgan fingerprint density at radius 2 is 1.59 bits per heavy atom. The van der Waals surface area contributed by atoms with Gasteiger partial charge in [0.05, 0.1) is 12.1 Å². The number of hydrogen-bond acceptors (Lipinski definition) is 4. The number of amides is 1. The van der Waals surface area contributed by atoms with Crippen LogP contribution in [0.15, 0.2) is 6.07 Å². The molecule has 27 heavy (non-hydrogen) atoms. The second-order valence-electron chi connectivity index (χ2n) is 9.36. The molecule has 6 heteroatoms. The number of nitrogens with one attached hydrogen (secondary N) is 1. The lowest BCUT2D eigenvalue weighted by atomic mass is 9.81. The Hall–Kier alpha value is -2.24. The smallest absolute Gasteiger partial charge is 0.251 e. The molecular weight excluding hydrogens is 338 g/mol. The summed E-state index contributed by atoms with van der Waals surface area (Å²) in [7, 11) is 0. The van der Waals surface area contributed by atoms with Gasteiger partial charge in [0.15, 0.2) is 0 Å². The van der Waals surface area contributed by atoms with Crippen LogP contribution in [0.2, 0.25) is 0 Å². The number of carbonyl (C=O) groups is 1. The van der Waals surface area contributed by atoms with Crippen LogP contribution < -0.4 is 5.32 Å². The molecule has 0 radical (unpaired) electrons. The van der Waals surface area contributed by atoms with Gasteiger partial charge in [0.1, 0.15) is 0 Å². The van der Waals surface area contributed by atoms with Gasteiger partial charge in [-0.2, -0.15) is 5.10 Å². The van der Waals surface area contributed by atoms with Gasteiger partial charge in [-0.05, 0) is 59.4 Å². The van der Waals surface area contributed by atoms with Gasteiger partial charge in [0, 0.05) is 28.2 Å². The molecule has 0 saturated heterocycles. The van der Waals surface area contributed by atoms with Gasteiger partial charge in [0.2, 0.25) is 5.91 Å². The van der Waals surface area contributed by atoms with Crippen LogP contribution in [0.4, 0.5) is 0 Å². The first-order chi connectivity index (χ1) is 12.3. The quantitative estimate of drug-likeness (QED) is 0.868. The number of aryl methyl sites for hydroxylation is 3. The molecule has 2 aromatic heterocycles. The zero-order valence-electron chi connectivity index (χ0n) is 18.2. The predicted octanol–water partition coefficient (Wildman–Crippen LogP) is 3.77. The van der Waals surface area contributed by atoms with Crippen molar-refractivity contribution in [3.05, 3.63) is 34.4 Å². The summed E-state index contributed by atoms with van der Waals surface area (Å²) < 4.78 is 1.73. The SMILES string of the molecule is Cc1cc(C)nc(-n2nc(C)c(CC(=O)NC(C)(C)CC(C)(C)C)c2C)n1. The summed E-state index contributed by atoms with van der Waals surface area (Å²) in [5.74, 6) is 0.559. The predicted molar refractivity (Wildman–Crippen MR) is 108 cm³/mol. The molecule has 0 aliphatic heterocycles. The van der Waals surface area contributed by atoms with Crippen LogP contribution in [0.1, 0.15) is 69.4 Å². The maximum absolute atomic E-state index is 12.7. The molecule has 6 nitrogen and oxygen atoms in total. The summed E-state index contributed by atoms with van der Waals surface area (Å²) in [6, 6.07) is 1.93. The first-order valence-corrected chi connectivity index (χ1v) is 9.46. The van der Waals surface area contributed by atoms with E-state index in [2.05, 4.69) is 55.0 Å². The molecular formula is C21H33N5O. The van der Waals surface area contributed by atoms with E-state index in [1.165, 1.54) is 0 Å². The standard InChI is InChI=1S/C21H33N5O/c1-13-10-14(2)23-19(22-13)26-16(4)17(15(3)25-26)11-18(27)24-21(8,9)12-20(5,6)7/h10H,11-12H2,1-9H3,(H,24,27). The summed E-state index contributed by atoms with van der Waals surface area (Å²) >= 11 is 0. The lowest BCUT2D eigenvalue weighted by Crippen LogP contribution is -2.46. The van der Waals surface area contributed by atoms with E-state index in [0.717, 1.165) is 34.8 Å². The second-order valence-corrected chi connectivity index (χ2v) is 9.36. The zero-order valence-corrected chi connectivity index (χ0v) is 18.2. The minimum absolute atomic E-state index is 0.0105. The fourth-order valence-corrected chi connectivity index (χ4v) is 3.88. The number of carbonyl (C=O) groups excluding carboxylic acids is 1. The number of aromatic nitrogens is 4. The first kappa shape index (κ1) is 21.1. The minimum Gasteiger partial charge on any atom is -0.351 e. The minimum atomic E-state index is -0.260. The van der Waals surface area contributed by atoms with Crippen molar-refractivity contribution < 1.29 is 4.79 Å². The number of hydrogen-bond donors (Lipinski definition) is 1. The van der Waals surface area contributed by atoms with Crippen LogP contribution in [0, 0.1) is 33.1 Å². The van der Waals surface area contributed by atoms with Crippen LogP contribution in [0.25, 0.3) is 5.95 Å². The van der Waals surface area contributed by atoms with E-state index in [9.17, 15) is 4.79 Å². The van der Waals surface area contributed by atoms with E-state index in [4.69, 9.17) is 0 Å². The Kier molecular flexibility index (Phi) is 5.78. The van der Waals surface area contributed by atoms with E-state index in [1.54, 1.807) is 4.68 Å². The summed E-state index contributed by atoms with van der Waals surface area (Å²) in [5.41, 5.74) is 4.35. The molecule has 0 bridgehead atoms. The summed E-state index contributed by atoms with van der Waals surface area (Å²) in [6.07, 6.45) is 1.20. The number of nitrogens with zero attached hydrogens (tertiary/aromatic N) is 4. The topological polar surface area (TPSA) is 72.7 Å². The van der Waals surface area contributed by atoms with Crippen LogP contribution in [-0.2, 0) is 11.2 Å². The fraction of sp³-hybridized carbons (Fsp3) is 0.619. The highest BCUT2D eigenvalue weighted by Crippen LogP contribution is 2.27. The normalized spacial score (nSPS) is 12.3. The van der Waals surface area contributed by atoms with Crippen molar-refractivity contribution in [2.24, 2.45) is 5.41 Å². The lowest BCUT2D eigenvalue weighted by molar-refractivity contribution is -0.122. The third-order valence-corrected chi connectivity index (χ3v) is 4.39. The molecule has 148 valence electrons. The molecule has 2 aromatic rings.